The molecule has 1 N–H and O–H groups in total. The van der Waals surface area contributed by atoms with E-state index in [0.29, 0.717) is 6.04 Å². The molecular weight excluding hydrogens is 204 g/mol. The van der Waals surface area contributed by atoms with Crippen LogP contribution in [0.4, 0.5) is 0 Å². The fourth-order valence-corrected chi connectivity index (χ4v) is 3.24. The molecule has 0 saturated heterocycles. The van der Waals surface area contributed by atoms with Gasteiger partial charge in [0.1, 0.15) is 0 Å². The van der Waals surface area contributed by atoms with Crippen LogP contribution in [-0.4, -0.2) is 11.0 Å². The Balaban J connectivity index is 1.91. The molecule has 1 atom stereocenters. The summed E-state index contributed by atoms with van der Waals surface area (Å²) in [4.78, 5) is 5.71. The number of thiazole rings is 1. The highest BCUT2D eigenvalue weighted by Crippen LogP contribution is 2.25. The quantitative estimate of drug-likeness (QED) is 0.850. The Kier molecular flexibility index (Phi) is 3.76. The summed E-state index contributed by atoms with van der Waals surface area (Å²) in [5.41, 5.74) is 3.14. The third kappa shape index (κ3) is 2.79. The van der Waals surface area contributed by atoms with Crippen LogP contribution in [0.2, 0.25) is 0 Å². The van der Waals surface area contributed by atoms with Gasteiger partial charge in [0.2, 0.25) is 0 Å². The lowest BCUT2D eigenvalue weighted by molar-refractivity contribution is 0.348. The first-order valence-corrected chi connectivity index (χ1v) is 6.81. The van der Waals surface area contributed by atoms with Crippen LogP contribution in [0.25, 0.3) is 0 Å². The number of rotatable bonds is 3. The molecule has 1 unspecified atom stereocenters. The Labute approximate surface area is 96.1 Å². The number of aryl methyl sites for hydroxylation is 1. The van der Waals surface area contributed by atoms with Gasteiger partial charge < -0.3 is 5.32 Å². The second-order valence-electron chi connectivity index (χ2n) is 4.53. The maximum Gasteiger partial charge on any atom is 0.0798 e. The topological polar surface area (TPSA) is 24.9 Å². The van der Waals surface area contributed by atoms with Crippen LogP contribution in [0.15, 0.2) is 5.51 Å². The van der Waals surface area contributed by atoms with Gasteiger partial charge in [0.25, 0.3) is 0 Å². The average molecular weight is 224 g/mol. The SMILES string of the molecule is Cc1ncsc1C(C)NC1CCCCC1. The molecular formula is C12H20N2S. The minimum absolute atomic E-state index is 0.473. The molecule has 1 aromatic rings. The largest absolute Gasteiger partial charge is 0.307 e. The van der Waals surface area contributed by atoms with Crippen LogP contribution in [0.3, 0.4) is 0 Å². The fourth-order valence-electron chi connectivity index (χ4n) is 2.42. The van der Waals surface area contributed by atoms with Crippen LogP contribution in [0.1, 0.15) is 55.6 Å². The van der Waals surface area contributed by atoms with Gasteiger partial charge in [0, 0.05) is 17.0 Å². The number of nitrogens with one attached hydrogen (secondary N) is 1. The molecule has 1 aliphatic carbocycles. The minimum atomic E-state index is 0.473. The van der Waals surface area contributed by atoms with Gasteiger partial charge in [-0.3, -0.25) is 0 Å². The van der Waals surface area contributed by atoms with E-state index in [1.807, 2.05) is 5.51 Å². The van der Waals surface area contributed by atoms with Gasteiger partial charge in [-0.2, -0.15) is 0 Å². The Bertz CT molecular complexity index is 302. The molecule has 0 radical (unpaired) electrons. The summed E-state index contributed by atoms with van der Waals surface area (Å²) in [7, 11) is 0. The molecule has 0 spiro atoms. The lowest BCUT2D eigenvalue weighted by atomic mass is 9.95. The summed E-state index contributed by atoms with van der Waals surface area (Å²) in [6.45, 7) is 4.36. The van der Waals surface area contributed by atoms with E-state index in [9.17, 15) is 0 Å². The molecule has 0 aromatic carbocycles. The van der Waals surface area contributed by atoms with Crippen LogP contribution < -0.4 is 5.32 Å². The van der Waals surface area contributed by atoms with Crippen molar-refractivity contribution in [3.8, 4) is 0 Å². The highest BCUT2D eigenvalue weighted by atomic mass is 32.1. The Morgan fingerprint density at radius 1 is 1.40 bits per heavy atom. The third-order valence-electron chi connectivity index (χ3n) is 3.27. The lowest BCUT2D eigenvalue weighted by Crippen LogP contribution is -2.33. The molecule has 0 amide bonds. The first kappa shape index (κ1) is 11.1. The highest BCUT2D eigenvalue weighted by molar-refractivity contribution is 7.09. The molecule has 0 aliphatic heterocycles. The first-order valence-electron chi connectivity index (χ1n) is 5.93. The van der Waals surface area contributed by atoms with Crippen molar-refractivity contribution in [1.82, 2.24) is 10.3 Å². The lowest BCUT2D eigenvalue weighted by Gasteiger charge is -2.26. The van der Waals surface area contributed by atoms with E-state index in [2.05, 4.69) is 24.1 Å². The maximum absolute atomic E-state index is 4.31. The molecule has 2 rings (SSSR count). The number of nitrogens with zero attached hydrogens (tertiary/aromatic N) is 1. The molecule has 3 heteroatoms. The van der Waals surface area contributed by atoms with Gasteiger partial charge in [0.05, 0.1) is 11.2 Å². The predicted octanol–water partition coefficient (Wildman–Crippen LogP) is 3.43. The smallest absolute Gasteiger partial charge is 0.0798 e. The van der Waals surface area contributed by atoms with Crippen LogP contribution in [-0.2, 0) is 0 Å². The van der Waals surface area contributed by atoms with E-state index in [0.717, 1.165) is 6.04 Å². The van der Waals surface area contributed by atoms with Crippen molar-refractivity contribution >= 4 is 11.3 Å². The van der Waals surface area contributed by atoms with Gasteiger partial charge in [-0.15, -0.1) is 11.3 Å². The highest BCUT2D eigenvalue weighted by Gasteiger charge is 2.18. The van der Waals surface area contributed by atoms with Crippen molar-refractivity contribution in [3.05, 3.63) is 16.1 Å². The van der Waals surface area contributed by atoms with Crippen molar-refractivity contribution in [2.45, 2.75) is 58.0 Å². The standard InChI is InChI=1S/C12H20N2S/c1-9-12(15-8-13-9)10(2)14-11-6-4-3-5-7-11/h8,10-11,14H,3-7H2,1-2H3. The fraction of sp³-hybridized carbons (Fsp3) is 0.750. The molecule has 1 aromatic heterocycles. The first-order chi connectivity index (χ1) is 7.27. The van der Waals surface area contributed by atoms with Gasteiger partial charge in [-0.05, 0) is 26.7 Å². The van der Waals surface area contributed by atoms with Crippen molar-refractivity contribution in [1.29, 1.82) is 0 Å². The predicted molar refractivity (Wildman–Crippen MR) is 65.3 cm³/mol. The minimum Gasteiger partial charge on any atom is -0.307 e. The number of aromatic nitrogens is 1. The zero-order chi connectivity index (χ0) is 10.7. The zero-order valence-electron chi connectivity index (χ0n) is 9.62. The van der Waals surface area contributed by atoms with Crippen LogP contribution in [0, 0.1) is 6.92 Å². The molecule has 1 aliphatic rings. The van der Waals surface area contributed by atoms with E-state index in [1.165, 1.54) is 42.7 Å². The van der Waals surface area contributed by atoms with Gasteiger partial charge >= 0.3 is 0 Å². The van der Waals surface area contributed by atoms with Gasteiger partial charge in [-0.25, -0.2) is 4.98 Å². The normalized spacial score (nSPS) is 20.4. The summed E-state index contributed by atoms with van der Waals surface area (Å²) in [5, 5.41) is 3.73. The Morgan fingerprint density at radius 3 is 2.73 bits per heavy atom. The molecule has 15 heavy (non-hydrogen) atoms. The molecule has 1 heterocycles. The van der Waals surface area contributed by atoms with Crippen molar-refractivity contribution in [2.75, 3.05) is 0 Å². The van der Waals surface area contributed by atoms with Crippen molar-refractivity contribution < 1.29 is 0 Å². The van der Waals surface area contributed by atoms with Gasteiger partial charge in [-0.1, -0.05) is 19.3 Å². The molecule has 84 valence electrons. The average Bonchev–Trinajstić information content (AvgIpc) is 2.66. The summed E-state index contributed by atoms with van der Waals surface area (Å²) >= 11 is 1.77. The molecule has 2 nitrogen and oxygen atoms in total. The monoisotopic (exact) mass is 224 g/mol. The Morgan fingerprint density at radius 2 is 2.13 bits per heavy atom. The van der Waals surface area contributed by atoms with Crippen LogP contribution in [0.5, 0.6) is 0 Å². The van der Waals surface area contributed by atoms with E-state index < -0.39 is 0 Å². The summed E-state index contributed by atoms with van der Waals surface area (Å²) < 4.78 is 0. The maximum atomic E-state index is 4.31. The summed E-state index contributed by atoms with van der Waals surface area (Å²) in [5.74, 6) is 0. The number of hydrogen-bond donors (Lipinski definition) is 1. The molecule has 0 bridgehead atoms. The van der Waals surface area contributed by atoms with E-state index in [1.54, 1.807) is 11.3 Å². The van der Waals surface area contributed by atoms with E-state index in [-0.39, 0.29) is 0 Å². The van der Waals surface area contributed by atoms with Gasteiger partial charge in [0.15, 0.2) is 0 Å². The Hall–Kier alpha value is -0.410. The molecule has 1 saturated carbocycles. The molecule has 1 fully saturated rings. The third-order valence-corrected chi connectivity index (χ3v) is 4.38. The van der Waals surface area contributed by atoms with E-state index in [4.69, 9.17) is 0 Å². The van der Waals surface area contributed by atoms with Crippen molar-refractivity contribution in [2.24, 2.45) is 0 Å². The van der Waals surface area contributed by atoms with Crippen LogP contribution >= 0.6 is 11.3 Å². The summed E-state index contributed by atoms with van der Waals surface area (Å²) in [6, 6.07) is 1.20. The second kappa shape index (κ2) is 5.08. The number of hydrogen-bond acceptors (Lipinski definition) is 3. The second-order valence-corrected chi connectivity index (χ2v) is 5.41. The zero-order valence-corrected chi connectivity index (χ0v) is 10.4. The summed E-state index contributed by atoms with van der Waals surface area (Å²) in [6.07, 6.45) is 6.91. The van der Waals surface area contributed by atoms with E-state index >= 15 is 0 Å². The van der Waals surface area contributed by atoms with Crippen molar-refractivity contribution in [3.63, 3.8) is 0 Å².